The summed E-state index contributed by atoms with van der Waals surface area (Å²) in [5.41, 5.74) is 1.09. The number of carbonyl (C=O) groups excluding carboxylic acids is 1. The number of amides is 1. The summed E-state index contributed by atoms with van der Waals surface area (Å²) in [6.07, 6.45) is 0.412. The van der Waals surface area contributed by atoms with E-state index < -0.39 is 16.7 Å². The fourth-order valence-electron chi connectivity index (χ4n) is 3.48. The largest absolute Gasteiger partial charge is 0.476 e. The van der Waals surface area contributed by atoms with E-state index in [1.165, 1.54) is 11.3 Å². The predicted octanol–water partition coefficient (Wildman–Crippen LogP) is 1.86. The van der Waals surface area contributed by atoms with E-state index in [0.717, 1.165) is 0 Å². The third-order valence-electron chi connectivity index (χ3n) is 5.53. The molecule has 2 atom stereocenters. The lowest BCUT2D eigenvalue weighted by atomic mass is 10.1. The zero-order valence-electron chi connectivity index (χ0n) is 21.6. The number of hydrogen-bond donors (Lipinski definition) is 4. The van der Waals surface area contributed by atoms with Gasteiger partial charge in [0.25, 0.3) is 5.91 Å². The number of hydrogen-bond acceptors (Lipinski definition) is 12. The predicted molar refractivity (Wildman–Crippen MR) is 151 cm³/mol. The van der Waals surface area contributed by atoms with Gasteiger partial charge in [0, 0.05) is 38.2 Å². The second-order valence-corrected chi connectivity index (χ2v) is 11.3. The molecule has 15 heteroatoms. The zero-order chi connectivity index (χ0) is 27.7. The molecule has 2 aromatic heterocycles. The molecule has 39 heavy (non-hydrogen) atoms. The minimum absolute atomic E-state index is 0.0209. The molecule has 0 spiro atoms. The van der Waals surface area contributed by atoms with Gasteiger partial charge >= 0.3 is 0 Å². The number of thiazole rings is 1. The maximum Gasteiger partial charge on any atom is 0.280 e. The number of benzene rings is 1. The maximum absolute atomic E-state index is 13.3. The van der Waals surface area contributed by atoms with Crippen LogP contribution in [0.2, 0.25) is 0 Å². The Bertz CT molecular complexity index is 1270. The van der Waals surface area contributed by atoms with Crippen LogP contribution in [0.25, 0.3) is 10.3 Å². The first-order valence-corrected chi connectivity index (χ1v) is 14.6. The van der Waals surface area contributed by atoms with E-state index in [1.54, 1.807) is 43.5 Å². The van der Waals surface area contributed by atoms with Crippen LogP contribution in [0, 0.1) is 0 Å². The van der Waals surface area contributed by atoms with Crippen molar-refractivity contribution in [3.05, 3.63) is 42.0 Å². The lowest BCUT2D eigenvalue weighted by Gasteiger charge is -2.28. The number of nitrogens with zero attached hydrogens (tertiary/aromatic N) is 3. The number of pyridine rings is 1. The van der Waals surface area contributed by atoms with Gasteiger partial charge < -0.3 is 28.9 Å². The lowest BCUT2D eigenvalue weighted by Crippen LogP contribution is -2.26. The van der Waals surface area contributed by atoms with Crippen molar-refractivity contribution < 1.29 is 32.9 Å². The van der Waals surface area contributed by atoms with Crippen LogP contribution in [-0.2, 0) is 19.1 Å². The number of carbonyl (C=O) groups is 1. The molecular weight excluding hydrogens is 548 g/mol. The van der Waals surface area contributed by atoms with Crippen molar-refractivity contribution in [2.24, 2.45) is 5.16 Å². The Hall–Kier alpha value is -2.89. The van der Waals surface area contributed by atoms with Gasteiger partial charge in [-0.3, -0.25) is 10.1 Å². The van der Waals surface area contributed by atoms with Crippen LogP contribution in [0.1, 0.15) is 12.0 Å². The number of rotatable bonds is 14. The van der Waals surface area contributed by atoms with Crippen LogP contribution in [-0.4, -0.2) is 90.5 Å². The van der Waals surface area contributed by atoms with E-state index in [0.29, 0.717) is 77.8 Å². The molecule has 1 amide bonds. The van der Waals surface area contributed by atoms with E-state index >= 15 is 0 Å². The highest BCUT2D eigenvalue weighted by Crippen LogP contribution is 2.43. The van der Waals surface area contributed by atoms with E-state index in [9.17, 15) is 9.35 Å². The Labute approximate surface area is 231 Å². The summed E-state index contributed by atoms with van der Waals surface area (Å²) in [5, 5.41) is 10.3. The summed E-state index contributed by atoms with van der Waals surface area (Å²) in [6.45, 7) is 2.80. The highest BCUT2D eigenvalue weighted by molar-refractivity contribution is 8.22. The monoisotopic (exact) mass is 581 g/mol. The maximum atomic E-state index is 13.3. The van der Waals surface area contributed by atoms with Crippen LogP contribution in [0.4, 0.5) is 5.13 Å². The molecule has 0 radical (unpaired) electrons. The lowest BCUT2D eigenvalue weighted by molar-refractivity contribution is -0.110. The number of ether oxygens (including phenoxy) is 3. The highest BCUT2D eigenvalue weighted by atomic mass is 32.3. The van der Waals surface area contributed by atoms with Gasteiger partial charge in [-0.1, -0.05) is 28.6 Å². The van der Waals surface area contributed by atoms with Gasteiger partial charge in [-0.15, -0.1) is 0 Å². The van der Waals surface area contributed by atoms with Crippen molar-refractivity contribution in [2.45, 2.75) is 17.4 Å². The molecule has 6 N–H and O–H groups in total. The molecule has 1 aromatic carbocycles. The first-order chi connectivity index (χ1) is 18.9. The minimum Gasteiger partial charge on any atom is -0.476 e. The average Bonchev–Trinajstić information content (AvgIpc) is 3.59. The highest BCUT2D eigenvalue weighted by Gasteiger charge is 2.23. The summed E-state index contributed by atoms with van der Waals surface area (Å²) in [6, 6.07) is 9.90. The van der Waals surface area contributed by atoms with Crippen molar-refractivity contribution >= 4 is 49.2 Å². The zero-order valence-corrected chi connectivity index (χ0v) is 23.3. The number of fused-ring (bicyclic) bond motifs is 1. The molecule has 1 unspecified atom stereocenters. The van der Waals surface area contributed by atoms with Gasteiger partial charge in [0.15, 0.2) is 16.9 Å². The van der Waals surface area contributed by atoms with Crippen molar-refractivity contribution in [1.82, 2.24) is 20.0 Å². The van der Waals surface area contributed by atoms with E-state index in [-0.39, 0.29) is 11.8 Å². The smallest absolute Gasteiger partial charge is 0.280 e. The van der Waals surface area contributed by atoms with Crippen molar-refractivity contribution in [3.63, 3.8) is 0 Å². The Morgan fingerprint density at radius 2 is 2.05 bits per heavy atom. The molecule has 0 saturated carbocycles. The summed E-state index contributed by atoms with van der Waals surface area (Å²) < 4.78 is 37.5. The van der Waals surface area contributed by atoms with E-state index in [1.807, 2.05) is 7.05 Å². The molecular formula is C24H33N6O7S2+. The van der Waals surface area contributed by atoms with Crippen molar-refractivity contribution in [2.75, 3.05) is 59.0 Å². The van der Waals surface area contributed by atoms with Crippen LogP contribution in [0.3, 0.4) is 0 Å². The third kappa shape index (κ3) is 8.06. The number of methoxy groups -OCH3 is 1. The molecule has 0 aliphatic carbocycles. The first-order valence-electron chi connectivity index (χ1n) is 12.2. The molecule has 0 bridgehead atoms. The number of likely N-dealkylation sites (N-methyl/N-ethyl adjacent to an activating group) is 1. The van der Waals surface area contributed by atoms with Crippen LogP contribution in [0.5, 0.6) is 5.88 Å². The fourth-order valence-corrected chi connectivity index (χ4v) is 5.38. The van der Waals surface area contributed by atoms with Gasteiger partial charge in [-0.2, -0.15) is 4.72 Å². The Morgan fingerprint density at radius 1 is 1.23 bits per heavy atom. The van der Waals surface area contributed by atoms with Gasteiger partial charge in [0.1, 0.15) is 21.8 Å². The summed E-state index contributed by atoms with van der Waals surface area (Å²) in [5.74, 6) is -0.0556. The quantitative estimate of drug-likeness (QED) is 0.0953. The van der Waals surface area contributed by atoms with Crippen molar-refractivity contribution in [3.8, 4) is 5.88 Å². The Kier molecular flexibility index (Phi) is 10.4. The van der Waals surface area contributed by atoms with E-state index in [4.69, 9.17) is 23.6 Å². The SMILES string of the molecule is CNCCOc1ccc2nc(NC(=O)/C(=N/O[C@@H]3CCOC3)c3ccc(S(O)([OH2+])NCCOC)cc3)sc2n1. The molecule has 1 saturated heterocycles. The van der Waals surface area contributed by atoms with Crippen LogP contribution >= 0.6 is 22.1 Å². The molecule has 3 aromatic rings. The van der Waals surface area contributed by atoms with E-state index in [2.05, 4.69) is 30.5 Å². The second-order valence-electron chi connectivity index (χ2n) is 8.42. The van der Waals surface area contributed by atoms with Gasteiger partial charge in [0.05, 0.1) is 19.8 Å². The molecule has 3 heterocycles. The number of nitrogens with one attached hydrogen (secondary N) is 3. The minimum atomic E-state index is -2.99. The average molecular weight is 582 g/mol. The number of oxime groups is 1. The molecule has 1 fully saturated rings. The van der Waals surface area contributed by atoms with Gasteiger partial charge in [-0.05, 0) is 36.0 Å². The Balaban J connectivity index is 1.52. The second kappa shape index (κ2) is 14.0. The van der Waals surface area contributed by atoms with Crippen LogP contribution in [0.15, 0.2) is 46.4 Å². The number of anilines is 1. The normalized spacial score (nSPS) is 18.1. The van der Waals surface area contributed by atoms with Gasteiger partial charge in [-0.25, -0.2) is 14.5 Å². The summed E-state index contributed by atoms with van der Waals surface area (Å²) >= 11 is 1.21. The van der Waals surface area contributed by atoms with Gasteiger partial charge in [0.2, 0.25) is 5.88 Å². The fraction of sp³-hybridized carbons (Fsp3) is 0.417. The third-order valence-corrected chi connectivity index (χ3v) is 7.99. The first kappa shape index (κ1) is 29.1. The molecule has 13 nitrogen and oxygen atoms in total. The summed E-state index contributed by atoms with van der Waals surface area (Å²) in [4.78, 5) is 28.9. The summed E-state index contributed by atoms with van der Waals surface area (Å²) in [7, 11) is 0.395. The van der Waals surface area contributed by atoms with Crippen molar-refractivity contribution in [1.29, 1.82) is 0 Å². The molecule has 4 rings (SSSR count). The number of aromatic nitrogens is 2. The Morgan fingerprint density at radius 3 is 2.77 bits per heavy atom. The molecule has 212 valence electrons. The topological polar surface area (TPSA) is 171 Å². The van der Waals surface area contributed by atoms with Crippen LogP contribution < -0.4 is 20.1 Å². The molecule has 1 aliphatic heterocycles. The standard InChI is InChI=1S/C24H32N6O7S2/c1-25-10-14-36-20-8-7-19-23(28-20)38-24(27-19)29-22(31)21(30-37-17-9-12-35-15-17)16-3-5-18(6-4-16)39(32,33)26-11-13-34-2/h3-8,17,25-26,32-33H,9-15H2,1-2H3,(H,27,29,31)/p+1/b30-21+/t17-/m1/s1. The molecule has 1 aliphatic rings.